The van der Waals surface area contributed by atoms with Gasteiger partial charge in [-0.2, -0.15) is 0 Å². The van der Waals surface area contributed by atoms with E-state index in [-0.39, 0.29) is 0 Å². The van der Waals surface area contributed by atoms with Crippen molar-refractivity contribution in [3.63, 3.8) is 0 Å². The molecule has 0 unspecified atom stereocenters. The first-order valence-electron chi connectivity index (χ1n) is 18.1. The fraction of sp³-hybridized carbons (Fsp3) is 0. The van der Waals surface area contributed by atoms with Crippen LogP contribution in [0.5, 0.6) is 0 Å². The third-order valence-electron chi connectivity index (χ3n) is 11.2. The van der Waals surface area contributed by atoms with Gasteiger partial charge >= 0.3 is 0 Å². The highest BCUT2D eigenvalue weighted by molar-refractivity contribution is 6.16. The third-order valence-corrected chi connectivity index (χ3v) is 11.2. The maximum Gasteiger partial charge on any atom is 0.0803 e. The molecule has 8 aromatic carbocycles. The summed E-state index contributed by atoms with van der Waals surface area (Å²) < 4.78 is 7.20. The Labute approximate surface area is 304 Å². The first-order chi connectivity index (χ1) is 26.3. The lowest BCUT2D eigenvalue weighted by Crippen LogP contribution is -2.01. The van der Waals surface area contributed by atoms with Gasteiger partial charge < -0.3 is 13.7 Å². The van der Waals surface area contributed by atoms with Crippen LogP contribution in [0.2, 0.25) is 0 Å². The number of benzene rings is 8. The van der Waals surface area contributed by atoms with Gasteiger partial charge in [0.15, 0.2) is 0 Å². The molecule has 12 rings (SSSR count). The fourth-order valence-electron chi connectivity index (χ4n) is 9.00. The van der Waals surface area contributed by atoms with Crippen molar-refractivity contribution in [2.75, 3.05) is 0 Å². The zero-order chi connectivity index (χ0) is 34.6. The number of rotatable bonds is 3. The summed E-state index contributed by atoms with van der Waals surface area (Å²) in [5.74, 6) is 0. The summed E-state index contributed by atoms with van der Waals surface area (Å²) in [5, 5.41) is 10.8. The summed E-state index contributed by atoms with van der Waals surface area (Å²) in [5.41, 5.74) is 11.4. The highest BCUT2D eigenvalue weighted by Gasteiger charge is 2.20. The van der Waals surface area contributed by atoms with Gasteiger partial charge in [-0.1, -0.05) is 115 Å². The van der Waals surface area contributed by atoms with E-state index in [2.05, 4.69) is 196 Å². The molecule has 0 aliphatic heterocycles. The Hall–Kier alpha value is -7.17. The van der Waals surface area contributed by atoms with Crippen molar-refractivity contribution in [3.05, 3.63) is 182 Å². The molecule has 0 spiro atoms. The van der Waals surface area contributed by atoms with Gasteiger partial charge in [0.1, 0.15) is 0 Å². The first kappa shape index (κ1) is 28.5. The number of hydrogen-bond acceptors (Lipinski definition) is 1. The molecular formula is C49H30N4. The van der Waals surface area contributed by atoms with Crippen molar-refractivity contribution in [2.24, 2.45) is 0 Å². The van der Waals surface area contributed by atoms with E-state index in [4.69, 9.17) is 4.98 Å². The van der Waals surface area contributed by atoms with Gasteiger partial charge in [0, 0.05) is 48.8 Å². The van der Waals surface area contributed by atoms with Crippen molar-refractivity contribution < 1.29 is 0 Å². The summed E-state index contributed by atoms with van der Waals surface area (Å²) in [6.45, 7) is 0. The Morgan fingerprint density at radius 3 is 1.15 bits per heavy atom. The van der Waals surface area contributed by atoms with E-state index in [0.717, 1.165) is 38.7 Å². The van der Waals surface area contributed by atoms with Gasteiger partial charge in [0.25, 0.3) is 0 Å². The van der Waals surface area contributed by atoms with Gasteiger partial charge in [-0.05, 0) is 66.0 Å². The average molecular weight is 675 g/mol. The second-order valence-electron chi connectivity index (χ2n) is 14.0. The number of hydrogen-bond donors (Lipinski definition) is 0. The minimum Gasteiger partial charge on any atom is -0.309 e. The van der Waals surface area contributed by atoms with Crippen LogP contribution < -0.4 is 0 Å². The van der Waals surface area contributed by atoms with E-state index in [1.54, 1.807) is 0 Å². The molecule has 0 radical (unpaired) electrons. The second kappa shape index (κ2) is 10.7. The van der Waals surface area contributed by atoms with E-state index >= 15 is 0 Å². The monoisotopic (exact) mass is 674 g/mol. The fourth-order valence-corrected chi connectivity index (χ4v) is 9.00. The molecule has 0 fully saturated rings. The zero-order valence-corrected chi connectivity index (χ0v) is 28.6. The number of para-hydroxylation sites is 6. The van der Waals surface area contributed by atoms with Crippen LogP contribution in [0.15, 0.2) is 182 Å². The van der Waals surface area contributed by atoms with E-state index in [1.807, 2.05) is 0 Å². The van der Waals surface area contributed by atoms with Crippen LogP contribution in [0.25, 0.3) is 104 Å². The minimum atomic E-state index is 0.984. The molecule has 0 saturated heterocycles. The molecular weight excluding hydrogens is 645 g/mol. The number of fused-ring (bicyclic) bond motifs is 12. The summed E-state index contributed by atoms with van der Waals surface area (Å²) in [6.07, 6.45) is 2.05. The smallest absolute Gasteiger partial charge is 0.0803 e. The molecule has 0 amide bonds. The lowest BCUT2D eigenvalue weighted by molar-refractivity contribution is 1.15. The number of nitrogens with zero attached hydrogens (tertiary/aromatic N) is 4. The lowest BCUT2D eigenvalue weighted by atomic mass is 10.0. The Balaban J connectivity index is 1.20. The van der Waals surface area contributed by atoms with Gasteiger partial charge in [0.2, 0.25) is 0 Å². The SMILES string of the molecule is c1ccc2c(c1)c1ccccc1n2-c1ccc2c(c1)cc(-n1c3ccccc3c3ccccc31)c1cc(-n3c4ccccc4c4ccccc43)cnc12. The van der Waals surface area contributed by atoms with Crippen LogP contribution in [-0.4, -0.2) is 18.7 Å². The summed E-state index contributed by atoms with van der Waals surface area (Å²) in [7, 11) is 0. The molecule has 0 aliphatic carbocycles. The van der Waals surface area contributed by atoms with Gasteiger partial charge in [-0.25, -0.2) is 0 Å². The minimum absolute atomic E-state index is 0.984. The Kier molecular flexibility index (Phi) is 5.74. The predicted octanol–water partition coefficient (Wildman–Crippen LogP) is 12.7. The van der Waals surface area contributed by atoms with E-state index in [9.17, 15) is 0 Å². The van der Waals surface area contributed by atoms with Crippen LogP contribution in [0.4, 0.5) is 0 Å². The van der Waals surface area contributed by atoms with Crippen LogP contribution >= 0.6 is 0 Å². The van der Waals surface area contributed by atoms with Crippen LogP contribution in [0, 0.1) is 0 Å². The Morgan fingerprint density at radius 2 is 0.698 bits per heavy atom. The maximum absolute atomic E-state index is 5.36. The largest absolute Gasteiger partial charge is 0.309 e. The normalized spacial score (nSPS) is 12.2. The molecule has 0 atom stereocenters. The van der Waals surface area contributed by atoms with Crippen LogP contribution in [0.3, 0.4) is 0 Å². The summed E-state index contributed by atoms with van der Waals surface area (Å²) in [4.78, 5) is 5.36. The molecule has 53 heavy (non-hydrogen) atoms. The average Bonchev–Trinajstić information content (AvgIpc) is 3.86. The highest BCUT2D eigenvalue weighted by Crippen LogP contribution is 2.40. The van der Waals surface area contributed by atoms with E-state index in [0.29, 0.717) is 0 Å². The Morgan fingerprint density at radius 1 is 0.302 bits per heavy atom. The highest BCUT2D eigenvalue weighted by atomic mass is 15.0. The van der Waals surface area contributed by atoms with Gasteiger partial charge in [-0.15, -0.1) is 0 Å². The first-order valence-corrected chi connectivity index (χ1v) is 18.1. The lowest BCUT2D eigenvalue weighted by Gasteiger charge is -2.17. The van der Waals surface area contributed by atoms with E-state index in [1.165, 1.54) is 65.4 Å². The summed E-state index contributed by atoms with van der Waals surface area (Å²) in [6, 6.07) is 63.9. The van der Waals surface area contributed by atoms with Crippen molar-refractivity contribution in [2.45, 2.75) is 0 Å². The molecule has 12 aromatic rings. The van der Waals surface area contributed by atoms with Crippen molar-refractivity contribution in [1.29, 1.82) is 0 Å². The molecule has 0 N–H and O–H groups in total. The second-order valence-corrected chi connectivity index (χ2v) is 14.0. The topological polar surface area (TPSA) is 27.7 Å². The predicted molar refractivity (Wildman–Crippen MR) is 222 cm³/mol. The molecule has 4 aromatic heterocycles. The van der Waals surface area contributed by atoms with Crippen molar-refractivity contribution in [1.82, 2.24) is 18.7 Å². The molecule has 0 saturated carbocycles. The number of pyridine rings is 1. The third kappa shape index (κ3) is 3.92. The Bertz CT molecular complexity index is 3310. The standard InChI is InChI=1S/C49H30N4/c1-7-19-42-35(13-1)36-14-2-8-20-43(36)51(42)32-25-26-34-31(27-32)28-48(53-46-23-11-5-17-39(46)40-18-6-12-24-47(40)53)41-29-33(30-50-49(34)41)52-44-21-9-3-15-37(44)38-16-4-10-22-45(38)52/h1-30H. The molecule has 4 heterocycles. The number of aromatic nitrogens is 4. The maximum atomic E-state index is 5.36. The van der Waals surface area contributed by atoms with E-state index < -0.39 is 0 Å². The van der Waals surface area contributed by atoms with Gasteiger partial charge in [-0.3, -0.25) is 4.98 Å². The van der Waals surface area contributed by atoms with Crippen molar-refractivity contribution >= 4 is 87.1 Å². The quantitative estimate of drug-likeness (QED) is 0.171. The van der Waals surface area contributed by atoms with Crippen LogP contribution in [-0.2, 0) is 0 Å². The van der Waals surface area contributed by atoms with Crippen molar-refractivity contribution in [3.8, 4) is 17.1 Å². The molecule has 0 aliphatic rings. The molecule has 4 heteroatoms. The summed E-state index contributed by atoms with van der Waals surface area (Å²) >= 11 is 0. The van der Waals surface area contributed by atoms with Crippen LogP contribution in [0.1, 0.15) is 0 Å². The molecule has 0 bridgehead atoms. The van der Waals surface area contributed by atoms with Gasteiger partial charge in [0.05, 0.1) is 56.2 Å². The molecule has 4 nitrogen and oxygen atoms in total. The molecule has 246 valence electrons. The zero-order valence-electron chi connectivity index (χ0n) is 28.6.